The summed E-state index contributed by atoms with van der Waals surface area (Å²) in [5, 5.41) is 1.54. The molecule has 1 aromatic heterocycles. The van der Waals surface area contributed by atoms with Crippen molar-refractivity contribution in [3.8, 4) is 5.75 Å². The summed E-state index contributed by atoms with van der Waals surface area (Å²) in [7, 11) is 0. The van der Waals surface area contributed by atoms with Crippen LogP contribution in [0.4, 0.5) is 0 Å². The van der Waals surface area contributed by atoms with E-state index in [2.05, 4.69) is 15.9 Å². The molecule has 2 rings (SSSR count). The molecule has 0 bridgehead atoms. The van der Waals surface area contributed by atoms with Gasteiger partial charge in [0.25, 0.3) is 11.7 Å². The molecule has 0 aliphatic heterocycles. The minimum Gasteiger partial charge on any atom is -0.481 e. The predicted molar refractivity (Wildman–Crippen MR) is 133 cm³/mol. The molecule has 1 amide bonds. The van der Waals surface area contributed by atoms with E-state index in [4.69, 9.17) is 15.2 Å². The maximum Gasteiger partial charge on any atom is 0.344 e. The van der Waals surface area contributed by atoms with Crippen LogP contribution in [0.2, 0.25) is 0 Å². The smallest absolute Gasteiger partial charge is 0.344 e. The van der Waals surface area contributed by atoms with Crippen molar-refractivity contribution in [3.05, 3.63) is 29.5 Å². The van der Waals surface area contributed by atoms with Gasteiger partial charge in [0.05, 0.1) is 16.5 Å². The molecule has 7 nitrogen and oxygen atoms in total. The monoisotopic (exact) mass is 522 g/mol. The number of ether oxygens (including phenoxy) is 2. The normalized spacial score (nSPS) is 11.5. The molecule has 0 unspecified atom stereocenters. The van der Waals surface area contributed by atoms with Crippen molar-refractivity contribution >= 4 is 44.5 Å². The molecule has 0 fully saturated rings. The fourth-order valence-corrected chi connectivity index (χ4v) is 4.28. The molecule has 0 spiro atoms. The highest BCUT2D eigenvalue weighted by Crippen LogP contribution is 2.34. The van der Waals surface area contributed by atoms with E-state index in [0.717, 1.165) is 30.1 Å². The van der Waals surface area contributed by atoms with Gasteiger partial charge in [-0.1, -0.05) is 47.7 Å². The van der Waals surface area contributed by atoms with E-state index < -0.39 is 23.3 Å². The summed E-state index contributed by atoms with van der Waals surface area (Å²) >= 11 is 3.46. The molecular formula is C25H35BrN2O5. The van der Waals surface area contributed by atoms with Crippen molar-refractivity contribution < 1.29 is 23.9 Å². The summed E-state index contributed by atoms with van der Waals surface area (Å²) < 4.78 is 13.1. The van der Waals surface area contributed by atoms with Gasteiger partial charge in [0.1, 0.15) is 11.4 Å². The number of carbonyl (C=O) groups is 3. The highest BCUT2D eigenvalue weighted by atomic mass is 79.9. The molecule has 33 heavy (non-hydrogen) atoms. The third-order valence-corrected chi connectivity index (χ3v) is 5.85. The summed E-state index contributed by atoms with van der Waals surface area (Å²) in [5.74, 6) is -1.96. The summed E-state index contributed by atoms with van der Waals surface area (Å²) in [6, 6.07) is 5.37. The number of unbranched alkanes of at least 4 members (excludes halogenated alkanes) is 5. The first kappa shape index (κ1) is 26.9. The second-order valence-electron chi connectivity index (χ2n) is 9.14. The lowest BCUT2D eigenvalue weighted by atomic mass is 10.1. The first-order chi connectivity index (χ1) is 15.6. The zero-order valence-corrected chi connectivity index (χ0v) is 21.6. The van der Waals surface area contributed by atoms with Crippen LogP contribution < -0.4 is 10.5 Å². The van der Waals surface area contributed by atoms with E-state index in [9.17, 15) is 14.4 Å². The van der Waals surface area contributed by atoms with Gasteiger partial charge >= 0.3 is 5.97 Å². The third-order valence-electron chi connectivity index (χ3n) is 5.29. The van der Waals surface area contributed by atoms with E-state index in [1.165, 1.54) is 19.3 Å². The van der Waals surface area contributed by atoms with Crippen LogP contribution in [-0.2, 0) is 20.9 Å². The number of carbonyl (C=O) groups excluding carboxylic acids is 3. The number of hydrogen-bond acceptors (Lipinski definition) is 5. The Labute approximate surface area is 204 Å². The predicted octanol–water partition coefficient (Wildman–Crippen LogP) is 5.07. The molecule has 0 aliphatic rings. The van der Waals surface area contributed by atoms with Crippen LogP contribution in [0.5, 0.6) is 5.75 Å². The van der Waals surface area contributed by atoms with E-state index >= 15 is 0 Å². The number of nitrogens with zero attached hydrogens (tertiary/aromatic N) is 1. The van der Waals surface area contributed by atoms with Gasteiger partial charge in [0, 0.05) is 17.6 Å². The van der Waals surface area contributed by atoms with Gasteiger partial charge in [0.15, 0.2) is 6.61 Å². The Kier molecular flexibility index (Phi) is 9.95. The summed E-state index contributed by atoms with van der Waals surface area (Å²) in [6.45, 7) is 7.55. The maximum atomic E-state index is 12.7. The van der Waals surface area contributed by atoms with Crippen LogP contribution in [0.15, 0.2) is 18.2 Å². The zero-order valence-electron chi connectivity index (χ0n) is 20.0. The van der Waals surface area contributed by atoms with E-state index in [-0.39, 0.29) is 12.2 Å². The lowest BCUT2D eigenvalue weighted by Gasteiger charge is -2.19. The molecule has 2 aromatic rings. The molecule has 0 atom stereocenters. The van der Waals surface area contributed by atoms with Crippen LogP contribution in [0, 0.1) is 6.92 Å². The Bertz CT molecular complexity index is 991. The largest absolute Gasteiger partial charge is 0.481 e. The third kappa shape index (κ3) is 7.59. The summed E-state index contributed by atoms with van der Waals surface area (Å²) in [4.78, 5) is 36.6. The van der Waals surface area contributed by atoms with E-state index in [0.29, 0.717) is 23.4 Å². The van der Waals surface area contributed by atoms with Crippen LogP contribution in [-0.4, -0.2) is 39.8 Å². The molecule has 1 heterocycles. The lowest BCUT2D eigenvalue weighted by molar-refractivity contribution is -0.157. The number of rotatable bonds is 13. The Morgan fingerprint density at radius 1 is 1.03 bits per heavy atom. The van der Waals surface area contributed by atoms with Crippen molar-refractivity contribution in [2.75, 3.05) is 11.9 Å². The number of esters is 1. The zero-order chi connectivity index (χ0) is 24.6. The van der Waals surface area contributed by atoms with Gasteiger partial charge in [-0.15, -0.1) is 0 Å². The Hall–Kier alpha value is -2.35. The molecule has 0 saturated carbocycles. The number of primary amides is 1. The summed E-state index contributed by atoms with van der Waals surface area (Å²) in [6.07, 6.45) is 6.79. The van der Waals surface area contributed by atoms with E-state index in [1.54, 1.807) is 26.8 Å². The highest BCUT2D eigenvalue weighted by Gasteiger charge is 2.26. The first-order valence-corrected chi connectivity index (χ1v) is 12.6. The van der Waals surface area contributed by atoms with Gasteiger partial charge < -0.3 is 19.8 Å². The number of aromatic nitrogens is 1. The molecule has 1 aromatic carbocycles. The fraction of sp³-hybridized carbons (Fsp3) is 0.560. The average Bonchev–Trinajstić information content (AvgIpc) is 3.01. The summed E-state index contributed by atoms with van der Waals surface area (Å²) in [5.41, 5.74) is 6.39. The average molecular weight is 523 g/mol. The van der Waals surface area contributed by atoms with Gasteiger partial charge in [-0.2, -0.15) is 0 Å². The number of ketones is 1. The number of fused-ring (bicyclic) bond motifs is 1. The Balaban J connectivity index is 2.29. The second kappa shape index (κ2) is 12.2. The topological polar surface area (TPSA) is 101 Å². The van der Waals surface area contributed by atoms with Crippen LogP contribution in [0.1, 0.15) is 75.3 Å². The lowest BCUT2D eigenvalue weighted by Crippen LogP contribution is -2.27. The second-order valence-corrected chi connectivity index (χ2v) is 9.93. The van der Waals surface area contributed by atoms with Crippen molar-refractivity contribution in [2.24, 2.45) is 5.73 Å². The maximum absolute atomic E-state index is 12.7. The number of alkyl halides is 1. The first-order valence-electron chi connectivity index (χ1n) is 11.4. The van der Waals surface area contributed by atoms with Gasteiger partial charge in [-0.05, 0) is 52.7 Å². The Morgan fingerprint density at radius 3 is 2.27 bits per heavy atom. The number of Topliss-reactive ketones (excluding diaryl/α,β-unsaturated/α-hetero) is 1. The van der Waals surface area contributed by atoms with Crippen LogP contribution >= 0.6 is 15.9 Å². The number of benzene rings is 1. The van der Waals surface area contributed by atoms with Crippen molar-refractivity contribution in [3.63, 3.8) is 0 Å². The van der Waals surface area contributed by atoms with Crippen molar-refractivity contribution in [2.45, 2.75) is 78.4 Å². The van der Waals surface area contributed by atoms with Gasteiger partial charge in [-0.25, -0.2) is 4.79 Å². The molecule has 0 radical (unpaired) electrons. The molecule has 182 valence electrons. The number of halogens is 1. The number of hydrogen-bond donors (Lipinski definition) is 1. The minimum absolute atomic E-state index is 0.231. The standard InChI is InChI=1S/C25H35BrN2O5/c1-17-21(23(30)24(27)31)22-18(28(17)15-10-8-6-5-7-9-14-26)12-11-13-19(22)32-16-20(29)33-25(2,3)4/h11-13H,5-10,14-16H2,1-4H3,(H2,27,31). The van der Waals surface area contributed by atoms with Crippen molar-refractivity contribution in [1.29, 1.82) is 0 Å². The Morgan fingerprint density at radius 2 is 1.67 bits per heavy atom. The molecule has 0 aliphatic carbocycles. The molecule has 0 saturated heterocycles. The van der Waals surface area contributed by atoms with Gasteiger partial charge in [0.2, 0.25) is 0 Å². The van der Waals surface area contributed by atoms with Crippen LogP contribution in [0.25, 0.3) is 10.9 Å². The number of nitrogens with two attached hydrogens (primary N) is 1. The van der Waals surface area contributed by atoms with E-state index in [1.807, 2.05) is 23.6 Å². The highest BCUT2D eigenvalue weighted by molar-refractivity contribution is 9.09. The van der Waals surface area contributed by atoms with Gasteiger partial charge in [-0.3, -0.25) is 9.59 Å². The molecular weight excluding hydrogens is 488 g/mol. The molecule has 2 N–H and O–H groups in total. The van der Waals surface area contributed by atoms with Crippen molar-refractivity contribution in [1.82, 2.24) is 4.57 Å². The number of aryl methyl sites for hydroxylation is 1. The molecule has 8 heteroatoms. The fourth-order valence-electron chi connectivity index (χ4n) is 3.88. The minimum atomic E-state index is -1.02. The number of amides is 1. The van der Waals surface area contributed by atoms with Crippen LogP contribution in [0.3, 0.4) is 0 Å². The SMILES string of the molecule is Cc1c(C(=O)C(N)=O)c2c(OCC(=O)OC(C)(C)C)cccc2n1CCCCCCCCBr. The quantitative estimate of drug-likeness (QED) is 0.130.